The van der Waals surface area contributed by atoms with Crippen molar-refractivity contribution in [2.24, 2.45) is 0 Å². The van der Waals surface area contributed by atoms with E-state index in [1.54, 1.807) is 12.3 Å². The normalized spacial score (nSPS) is 19.1. The van der Waals surface area contributed by atoms with Gasteiger partial charge in [0.1, 0.15) is 12.4 Å². The van der Waals surface area contributed by atoms with Crippen LogP contribution in [-0.2, 0) is 15.8 Å². The summed E-state index contributed by atoms with van der Waals surface area (Å²) in [6, 6.07) is 9.29. The van der Waals surface area contributed by atoms with Gasteiger partial charge in [-0.1, -0.05) is 29.8 Å². The molecule has 24 heavy (non-hydrogen) atoms. The van der Waals surface area contributed by atoms with E-state index >= 15 is 0 Å². The second kappa shape index (κ2) is 7.27. The summed E-state index contributed by atoms with van der Waals surface area (Å²) >= 11 is 0. The molecule has 0 spiro atoms. The van der Waals surface area contributed by atoms with E-state index in [1.165, 1.54) is 10.6 Å². The summed E-state index contributed by atoms with van der Waals surface area (Å²) < 4.78 is 32.7. The van der Waals surface area contributed by atoms with E-state index in [4.69, 9.17) is 4.74 Å². The number of hydrogen-bond donors (Lipinski definition) is 0. The van der Waals surface area contributed by atoms with E-state index in [9.17, 15) is 8.42 Å². The molecule has 1 saturated heterocycles. The zero-order chi connectivity index (χ0) is 17.0. The summed E-state index contributed by atoms with van der Waals surface area (Å²) in [4.78, 5) is 7.89. The van der Waals surface area contributed by atoms with Crippen molar-refractivity contribution in [3.63, 3.8) is 0 Å². The minimum absolute atomic E-state index is 0.0227. The average Bonchev–Trinajstić information content (AvgIpc) is 2.56. The minimum Gasteiger partial charge on any atom is -0.473 e. The van der Waals surface area contributed by atoms with Crippen LogP contribution in [-0.4, -0.2) is 41.9 Å². The first-order valence-corrected chi connectivity index (χ1v) is 9.60. The van der Waals surface area contributed by atoms with Crippen LogP contribution in [0.25, 0.3) is 0 Å². The fourth-order valence-corrected chi connectivity index (χ4v) is 4.46. The van der Waals surface area contributed by atoms with Gasteiger partial charge in [-0.2, -0.15) is 4.31 Å². The number of aryl methyl sites for hydroxylation is 1. The lowest BCUT2D eigenvalue weighted by molar-refractivity contribution is 0.124. The molecule has 0 bridgehead atoms. The summed E-state index contributed by atoms with van der Waals surface area (Å²) in [5.41, 5.74) is 1.88. The summed E-state index contributed by atoms with van der Waals surface area (Å²) in [5, 5.41) is 0. The first-order valence-electron chi connectivity index (χ1n) is 7.99. The molecule has 2 heterocycles. The van der Waals surface area contributed by atoms with Crippen molar-refractivity contribution in [2.45, 2.75) is 31.6 Å². The molecule has 0 saturated carbocycles. The minimum atomic E-state index is -3.36. The Morgan fingerprint density at radius 1 is 1.33 bits per heavy atom. The van der Waals surface area contributed by atoms with E-state index < -0.39 is 10.0 Å². The Labute approximate surface area is 142 Å². The number of sulfonamides is 1. The highest BCUT2D eigenvalue weighted by Crippen LogP contribution is 2.21. The van der Waals surface area contributed by atoms with Crippen molar-refractivity contribution in [1.82, 2.24) is 14.3 Å². The molecular weight excluding hydrogens is 326 g/mol. The Morgan fingerprint density at radius 2 is 2.21 bits per heavy atom. The van der Waals surface area contributed by atoms with Gasteiger partial charge in [0.15, 0.2) is 0 Å². The van der Waals surface area contributed by atoms with Gasteiger partial charge in [-0.15, -0.1) is 0 Å². The van der Waals surface area contributed by atoms with E-state index in [-0.39, 0.29) is 11.9 Å². The van der Waals surface area contributed by atoms with Crippen molar-refractivity contribution < 1.29 is 13.2 Å². The third kappa shape index (κ3) is 4.30. The number of aromatic nitrogens is 2. The number of piperidine rings is 1. The molecule has 1 aliphatic rings. The largest absolute Gasteiger partial charge is 0.473 e. The van der Waals surface area contributed by atoms with Crippen molar-refractivity contribution in [1.29, 1.82) is 0 Å². The molecule has 0 aliphatic carbocycles. The first-order chi connectivity index (χ1) is 11.5. The Kier molecular flexibility index (Phi) is 5.11. The molecule has 128 valence electrons. The van der Waals surface area contributed by atoms with Crippen molar-refractivity contribution in [3.8, 4) is 5.88 Å². The van der Waals surface area contributed by atoms with E-state index in [2.05, 4.69) is 9.97 Å². The second-order valence-electron chi connectivity index (χ2n) is 6.03. The monoisotopic (exact) mass is 347 g/mol. The number of ether oxygens (including phenoxy) is 1. The second-order valence-corrected chi connectivity index (χ2v) is 8.00. The molecule has 3 rings (SSSR count). The SMILES string of the molecule is Cc1cccc(CS(=O)(=O)N2CCCC(Oc3ccncn3)C2)c1. The highest BCUT2D eigenvalue weighted by atomic mass is 32.2. The Balaban J connectivity index is 1.67. The first kappa shape index (κ1) is 16.9. The number of hydrogen-bond acceptors (Lipinski definition) is 5. The van der Waals surface area contributed by atoms with Gasteiger partial charge >= 0.3 is 0 Å². The van der Waals surface area contributed by atoms with Crippen molar-refractivity contribution in [2.75, 3.05) is 13.1 Å². The third-order valence-corrected chi connectivity index (χ3v) is 5.82. The maximum atomic E-state index is 12.7. The lowest BCUT2D eigenvalue weighted by Gasteiger charge is -2.31. The van der Waals surface area contributed by atoms with Gasteiger partial charge in [0.05, 0.1) is 12.3 Å². The van der Waals surface area contributed by atoms with Crippen LogP contribution in [0.15, 0.2) is 42.9 Å². The standard InChI is InChI=1S/C17H21N3O3S/c1-14-4-2-5-15(10-14)12-24(21,22)20-9-3-6-16(11-20)23-17-7-8-18-13-19-17/h2,4-5,7-8,10,13,16H,3,6,9,11-12H2,1H3. The molecule has 1 aromatic carbocycles. The molecule has 1 unspecified atom stereocenters. The van der Waals surface area contributed by atoms with Gasteiger partial charge in [-0.05, 0) is 25.3 Å². The Bertz CT molecular complexity index is 781. The lowest BCUT2D eigenvalue weighted by atomic mass is 10.1. The average molecular weight is 347 g/mol. The van der Waals surface area contributed by atoms with Crippen LogP contribution in [0.2, 0.25) is 0 Å². The van der Waals surface area contributed by atoms with Crippen LogP contribution in [0, 0.1) is 6.92 Å². The molecule has 6 nitrogen and oxygen atoms in total. The summed E-state index contributed by atoms with van der Waals surface area (Å²) in [6.45, 7) is 2.86. The third-order valence-electron chi connectivity index (χ3n) is 4.01. The molecule has 7 heteroatoms. The summed E-state index contributed by atoms with van der Waals surface area (Å²) in [5.74, 6) is 0.502. The van der Waals surface area contributed by atoms with Gasteiger partial charge in [0.2, 0.25) is 15.9 Å². The van der Waals surface area contributed by atoms with E-state index in [0.717, 1.165) is 24.0 Å². The maximum Gasteiger partial charge on any atom is 0.218 e. The van der Waals surface area contributed by atoms with Crippen LogP contribution in [0.4, 0.5) is 0 Å². The number of nitrogens with zero attached hydrogens (tertiary/aromatic N) is 3. The molecule has 1 atom stereocenters. The molecule has 0 radical (unpaired) electrons. The van der Waals surface area contributed by atoms with E-state index in [1.807, 2.05) is 31.2 Å². The van der Waals surface area contributed by atoms with Crippen LogP contribution in [0.3, 0.4) is 0 Å². The highest BCUT2D eigenvalue weighted by molar-refractivity contribution is 7.88. The van der Waals surface area contributed by atoms with Gasteiger partial charge in [0.25, 0.3) is 0 Å². The predicted octanol–water partition coefficient (Wildman–Crippen LogP) is 2.16. The lowest BCUT2D eigenvalue weighted by Crippen LogP contribution is -2.44. The van der Waals surface area contributed by atoms with Gasteiger partial charge < -0.3 is 4.74 Å². The topological polar surface area (TPSA) is 72.4 Å². The molecule has 0 amide bonds. The zero-order valence-corrected chi connectivity index (χ0v) is 14.4. The van der Waals surface area contributed by atoms with Gasteiger partial charge in [-0.25, -0.2) is 18.4 Å². The molecule has 0 N–H and O–H groups in total. The summed E-state index contributed by atoms with van der Waals surface area (Å²) in [6.07, 6.45) is 4.45. The number of rotatable bonds is 5. The van der Waals surface area contributed by atoms with E-state index in [0.29, 0.717) is 19.0 Å². The van der Waals surface area contributed by atoms with Crippen LogP contribution >= 0.6 is 0 Å². The summed E-state index contributed by atoms with van der Waals surface area (Å²) in [7, 11) is -3.36. The predicted molar refractivity (Wildman–Crippen MR) is 91.1 cm³/mol. The molecule has 1 aromatic heterocycles. The fraction of sp³-hybridized carbons (Fsp3) is 0.412. The van der Waals surface area contributed by atoms with Crippen LogP contribution in [0.5, 0.6) is 5.88 Å². The maximum absolute atomic E-state index is 12.7. The quantitative estimate of drug-likeness (QED) is 0.829. The van der Waals surface area contributed by atoms with Crippen molar-refractivity contribution in [3.05, 3.63) is 54.0 Å². The molecular formula is C17H21N3O3S. The fourth-order valence-electron chi connectivity index (χ4n) is 2.88. The zero-order valence-electron chi connectivity index (χ0n) is 13.6. The van der Waals surface area contributed by atoms with Crippen molar-refractivity contribution >= 4 is 10.0 Å². The van der Waals surface area contributed by atoms with Crippen LogP contribution < -0.4 is 4.74 Å². The van der Waals surface area contributed by atoms with Crippen LogP contribution in [0.1, 0.15) is 24.0 Å². The molecule has 2 aromatic rings. The van der Waals surface area contributed by atoms with Gasteiger partial charge in [0, 0.05) is 18.8 Å². The Morgan fingerprint density at radius 3 is 2.96 bits per heavy atom. The smallest absolute Gasteiger partial charge is 0.218 e. The Hall–Kier alpha value is -1.99. The number of benzene rings is 1. The molecule has 1 fully saturated rings. The van der Waals surface area contributed by atoms with Gasteiger partial charge in [-0.3, -0.25) is 0 Å². The molecule has 1 aliphatic heterocycles. The highest BCUT2D eigenvalue weighted by Gasteiger charge is 2.30.